The van der Waals surface area contributed by atoms with E-state index in [0.717, 1.165) is 17.9 Å². The zero-order valence-corrected chi connectivity index (χ0v) is 14.3. The van der Waals surface area contributed by atoms with E-state index in [4.69, 9.17) is 14.2 Å². The van der Waals surface area contributed by atoms with Crippen LogP contribution in [0, 0.1) is 5.92 Å². The second-order valence-corrected chi connectivity index (χ2v) is 5.98. The molecule has 1 aliphatic carbocycles. The molecular weight excluding hydrogens is 294 g/mol. The summed E-state index contributed by atoms with van der Waals surface area (Å²) in [5.41, 5.74) is 0.874. The predicted octanol–water partition coefficient (Wildman–Crippen LogP) is 3.30. The number of carbonyl (C=O) groups is 1. The molecule has 0 unspecified atom stereocenters. The zero-order valence-electron chi connectivity index (χ0n) is 14.3. The monoisotopic (exact) mass is 321 g/mol. The van der Waals surface area contributed by atoms with Crippen molar-refractivity contribution in [1.29, 1.82) is 0 Å². The molecule has 0 heterocycles. The molecule has 128 valence electrons. The third-order valence-corrected chi connectivity index (χ3v) is 4.52. The first-order chi connectivity index (χ1) is 11.2. The van der Waals surface area contributed by atoms with Crippen molar-refractivity contribution < 1.29 is 19.0 Å². The summed E-state index contributed by atoms with van der Waals surface area (Å²) in [6.45, 7) is 0.424. The number of amides is 1. The highest BCUT2D eigenvalue weighted by atomic mass is 16.5. The first-order valence-corrected chi connectivity index (χ1v) is 8.23. The van der Waals surface area contributed by atoms with Crippen molar-refractivity contribution in [2.45, 2.75) is 45.1 Å². The van der Waals surface area contributed by atoms with E-state index in [1.54, 1.807) is 27.4 Å². The number of rotatable bonds is 8. The minimum absolute atomic E-state index is 0.0914. The lowest BCUT2D eigenvalue weighted by Crippen LogP contribution is -2.23. The van der Waals surface area contributed by atoms with E-state index in [0.29, 0.717) is 30.2 Å². The molecule has 0 aliphatic heterocycles. The van der Waals surface area contributed by atoms with E-state index in [1.165, 1.54) is 25.7 Å². The van der Waals surface area contributed by atoms with Gasteiger partial charge in [-0.05, 0) is 18.4 Å². The highest BCUT2D eigenvalue weighted by Gasteiger charge is 2.17. The molecule has 1 aromatic rings. The first kappa shape index (κ1) is 17.4. The van der Waals surface area contributed by atoms with Crippen LogP contribution >= 0.6 is 0 Å². The Kier molecular flexibility index (Phi) is 6.56. The molecule has 23 heavy (non-hydrogen) atoms. The van der Waals surface area contributed by atoms with Gasteiger partial charge in [0.2, 0.25) is 5.91 Å². The molecule has 1 aromatic carbocycles. The molecule has 5 heteroatoms. The van der Waals surface area contributed by atoms with E-state index < -0.39 is 0 Å². The molecule has 0 saturated heterocycles. The molecule has 1 saturated carbocycles. The van der Waals surface area contributed by atoms with Crippen molar-refractivity contribution in [2.75, 3.05) is 21.3 Å². The Morgan fingerprint density at radius 3 is 2.26 bits per heavy atom. The van der Waals surface area contributed by atoms with E-state index >= 15 is 0 Å². The third-order valence-electron chi connectivity index (χ3n) is 4.52. The SMILES string of the molecule is COc1cc(OC)c(OC)cc1CNC(=O)CCC1CCCC1. The number of hydrogen-bond donors (Lipinski definition) is 1. The van der Waals surface area contributed by atoms with Crippen LogP contribution < -0.4 is 19.5 Å². The Morgan fingerprint density at radius 1 is 1.04 bits per heavy atom. The topological polar surface area (TPSA) is 56.8 Å². The standard InChI is InChI=1S/C18H27NO4/c1-21-15-11-17(23-3)16(22-2)10-14(15)12-19-18(20)9-8-13-6-4-5-7-13/h10-11,13H,4-9,12H2,1-3H3,(H,19,20). The maximum atomic E-state index is 12.0. The van der Waals surface area contributed by atoms with Gasteiger partial charge in [0.15, 0.2) is 11.5 Å². The quantitative estimate of drug-likeness (QED) is 0.798. The van der Waals surface area contributed by atoms with E-state index in [1.807, 2.05) is 6.07 Å². The molecular formula is C18H27NO4. The van der Waals surface area contributed by atoms with E-state index in [-0.39, 0.29) is 5.91 Å². The number of carbonyl (C=O) groups excluding carboxylic acids is 1. The van der Waals surface area contributed by atoms with Gasteiger partial charge >= 0.3 is 0 Å². The van der Waals surface area contributed by atoms with Crippen LogP contribution in [-0.2, 0) is 11.3 Å². The summed E-state index contributed by atoms with van der Waals surface area (Å²) in [5.74, 6) is 2.74. The van der Waals surface area contributed by atoms with Crippen molar-refractivity contribution in [2.24, 2.45) is 5.92 Å². The van der Waals surface area contributed by atoms with Crippen LogP contribution in [0.25, 0.3) is 0 Å². The Labute approximate surface area is 138 Å². The van der Waals surface area contributed by atoms with Crippen LogP contribution in [0.2, 0.25) is 0 Å². The second kappa shape index (κ2) is 8.65. The predicted molar refractivity (Wildman–Crippen MR) is 89.1 cm³/mol. The third kappa shape index (κ3) is 4.78. The zero-order chi connectivity index (χ0) is 16.7. The summed E-state index contributed by atoms with van der Waals surface area (Å²) in [6.07, 6.45) is 6.77. The van der Waals surface area contributed by atoms with Gasteiger partial charge in [-0.25, -0.2) is 0 Å². The number of methoxy groups -OCH3 is 3. The summed E-state index contributed by atoms with van der Waals surface area (Å²) < 4.78 is 15.9. The molecule has 0 spiro atoms. The Bertz CT molecular complexity index is 524. The van der Waals surface area contributed by atoms with Crippen LogP contribution in [0.4, 0.5) is 0 Å². The summed E-state index contributed by atoms with van der Waals surface area (Å²) in [6, 6.07) is 3.62. The van der Waals surface area contributed by atoms with Crippen LogP contribution in [0.5, 0.6) is 17.2 Å². The highest BCUT2D eigenvalue weighted by molar-refractivity contribution is 5.76. The van der Waals surface area contributed by atoms with Crippen LogP contribution in [0.3, 0.4) is 0 Å². The van der Waals surface area contributed by atoms with Crippen LogP contribution in [-0.4, -0.2) is 27.2 Å². The molecule has 0 atom stereocenters. The van der Waals surface area contributed by atoms with Gasteiger partial charge < -0.3 is 19.5 Å². The van der Waals surface area contributed by atoms with Gasteiger partial charge in [-0.1, -0.05) is 25.7 Å². The van der Waals surface area contributed by atoms with E-state index in [9.17, 15) is 4.79 Å². The first-order valence-electron chi connectivity index (χ1n) is 8.23. The smallest absolute Gasteiger partial charge is 0.220 e. The normalized spacial score (nSPS) is 14.6. The van der Waals surface area contributed by atoms with Gasteiger partial charge in [-0.15, -0.1) is 0 Å². The maximum Gasteiger partial charge on any atom is 0.220 e. The lowest BCUT2D eigenvalue weighted by atomic mass is 10.0. The molecule has 1 aliphatic rings. The lowest BCUT2D eigenvalue weighted by Gasteiger charge is -2.15. The van der Waals surface area contributed by atoms with Gasteiger partial charge in [0.25, 0.3) is 0 Å². The molecule has 2 rings (SSSR count). The highest BCUT2D eigenvalue weighted by Crippen LogP contribution is 2.34. The fourth-order valence-corrected chi connectivity index (χ4v) is 3.15. The minimum Gasteiger partial charge on any atom is -0.496 e. The molecule has 0 bridgehead atoms. The Balaban J connectivity index is 1.91. The summed E-state index contributed by atoms with van der Waals surface area (Å²) in [4.78, 5) is 12.0. The van der Waals surface area contributed by atoms with Gasteiger partial charge in [-0.2, -0.15) is 0 Å². The summed E-state index contributed by atoms with van der Waals surface area (Å²) >= 11 is 0. The number of nitrogens with one attached hydrogen (secondary N) is 1. The van der Waals surface area contributed by atoms with Gasteiger partial charge in [0.1, 0.15) is 5.75 Å². The number of benzene rings is 1. The van der Waals surface area contributed by atoms with Crippen molar-refractivity contribution in [3.8, 4) is 17.2 Å². The molecule has 0 aromatic heterocycles. The lowest BCUT2D eigenvalue weighted by molar-refractivity contribution is -0.121. The van der Waals surface area contributed by atoms with Crippen molar-refractivity contribution >= 4 is 5.91 Å². The number of hydrogen-bond acceptors (Lipinski definition) is 4. The van der Waals surface area contributed by atoms with Crippen molar-refractivity contribution in [3.63, 3.8) is 0 Å². The average Bonchev–Trinajstić information content (AvgIpc) is 3.10. The molecule has 1 fully saturated rings. The van der Waals surface area contributed by atoms with Gasteiger partial charge in [-0.3, -0.25) is 4.79 Å². The van der Waals surface area contributed by atoms with Crippen molar-refractivity contribution in [1.82, 2.24) is 5.32 Å². The Hall–Kier alpha value is -1.91. The Morgan fingerprint density at radius 2 is 1.65 bits per heavy atom. The van der Waals surface area contributed by atoms with Gasteiger partial charge in [0, 0.05) is 24.6 Å². The maximum absolute atomic E-state index is 12.0. The number of ether oxygens (including phenoxy) is 3. The van der Waals surface area contributed by atoms with Crippen LogP contribution in [0.1, 0.15) is 44.1 Å². The molecule has 0 radical (unpaired) electrons. The summed E-state index contributed by atoms with van der Waals surface area (Å²) in [5, 5.41) is 2.97. The molecule has 1 N–H and O–H groups in total. The van der Waals surface area contributed by atoms with Crippen LogP contribution in [0.15, 0.2) is 12.1 Å². The fourth-order valence-electron chi connectivity index (χ4n) is 3.15. The molecule has 5 nitrogen and oxygen atoms in total. The fraction of sp³-hybridized carbons (Fsp3) is 0.611. The van der Waals surface area contributed by atoms with Crippen molar-refractivity contribution in [3.05, 3.63) is 17.7 Å². The largest absolute Gasteiger partial charge is 0.496 e. The molecule has 1 amide bonds. The van der Waals surface area contributed by atoms with E-state index in [2.05, 4.69) is 5.32 Å². The average molecular weight is 321 g/mol. The summed E-state index contributed by atoms with van der Waals surface area (Å²) in [7, 11) is 4.78. The van der Waals surface area contributed by atoms with Gasteiger partial charge in [0.05, 0.1) is 21.3 Å². The minimum atomic E-state index is 0.0914. The second-order valence-electron chi connectivity index (χ2n) is 5.98.